The van der Waals surface area contributed by atoms with Gasteiger partial charge in [-0.3, -0.25) is 0 Å². The van der Waals surface area contributed by atoms with Crippen LogP contribution in [-0.2, 0) is 6.42 Å². The first-order valence-corrected chi connectivity index (χ1v) is 6.99. The van der Waals surface area contributed by atoms with Crippen molar-refractivity contribution in [1.29, 1.82) is 0 Å². The Labute approximate surface area is 123 Å². The Hall–Kier alpha value is -2.49. The third-order valence-corrected chi connectivity index (χ3v) is 3.74. The van der Waals surface area contributed by atoms with E-state index in [1.165, 1.54) is 5.56 Å². The number of carboxylic acid groups (broad SMARTS) is 1. The van der Waals surface area contributed by atoms with E-state index < -0.39 is 5.97 Å². The van der Waals surface area contributed by atoms with Crippen LogP contribution in [0.3, 0.4) is 0 Å². The van der Waals surface area contributed by atoms with Crippen molar-refractivity contribution in [2.45, 2.75) is 19.4 Å². The fraction of sp³-hybridized carbons (Fsp3) is 0.235. The standard InChI is InChI=1S/C17H17NO3/c1-11(12-6-7-16-13(10-12)8-9-21-16)18-15-5-3-2-4-14(15)17(19)20/h2-7,10-11,18H,8-9H2,1H3,(H,19,20). The maximum absolute atomic E-state index is 11.2. The second-order valence-corrected chi connectivity index (χ2v) is 5.18. The molecule has 2 aromatic rings. The Morgan fingerprint density at radius 1 is 1.29 bits per heavy atom. The fourth-order valence-corrected chi connectivity index (χ4v) is 2.59. The summed E-state index contributed by atoms with van der Waals surface area (Å²) in [5.74, 6) is 0.0320. The molecule has 1 aliphatic rings. The number of nitrogens with one attached hydrogen (secondary N) is 1. The first-order chi connectivity index (χ1) is 10.1. The van der Waals surface area contributed by atoms with Gasteiger partial charge in [-0.1, -0.05) is 18.2 Å². The predicted octanol–water partition coefficient (Wildman–Crippen LogP) is 3.49. The van der Waals surface area contributed by atoms with Crippen LogP contribution in [0.2, 0.25) is 0 Å². The van der Waals surface area contributed by atoms with Gasteiger partial charge in [-0.25, -0.2) is 4.79 Å². The second kappa shape index (κ2) is 5.48. The molecule has 4 heteroatoms. The van der Waals surface area contributed by atoms with Gasteiger partial charge in [-0.2, -0.15) is 0 Å². The lowest BCUT2D eigenvalue weighted by molar-refractivity contribution is 0.0698. The van der Waals surface area contributed by atoms with E-state index in [4.69, 9.17) is 4.74 Å². The number of para-hydroxylation sites is 1. The number of anilines is 1. The lowest BCUT2D eigenvalue weighted by atomic mass is 10.0. The molecule has 0 fully saturated rings. The predicted molar refractivity (Wildman–Crippen MR) is 81.1 cm³/mol. The lowest BCUT2D eigenvalue weighted by Gasteiger charge is -2.18. The number of carboxylic acids is 1. The normalized spacial score (nSPS) is 14.1. The zero-order valence-electron chi connectivity index (χ0n) is 11.8. The molecule has 1 heterocycles. The molecule has 2 N–H and O–H groups in total. The largest absolute Gasteiger partial charge is 0.493 e. The number of carbonyl (C=O) groups is 1. The second-order valence-electron chi connectivity index (χ2n) is 5.18. The van der Waals surface area contributed by atoms with Crippen LogP contribution in [0.15, 0.2) is 42.5 Å². The number of hydrogen-bond donors (Lipinski definition) is 2. The SMILES string of the molecule is CC(Nc1ccccc1C(=O)O)c1ccc2c(c1)CCO2. The lowest BCUT2D eigenvalue weighted by Crippen LogP contribution is -2.10. The Morgan fingerprint density at radius 3 is 2.90 bits per heavy atom. The van der Waals surface area contributed by atoms with Crippen LogP contribution in [0.4, 0.5) is 5.69 Å². The van der Waals surface area contributed by atoms with Crippen LogP contribution >= 0.6 is 0 Å². The van der Waals surface area contributed by atoms with Gasteiger partial charge in [-0.15, -0.1) is 0 Å². The third kappa shape index (κ3) is 2.70. The monoisotopic (exact) mass is 283 g/mol. The zero-order chi connectivity index (χ0) is 14.8. The highest BCUT2D eigenvalue weighted by Crippen LogP contribution is 2.29. The zero-order valence-corrected chi connectivity index (χ0v) is 11.8. The van der Waals surface area contributed by atoms with Crippen LogP contribution in [0, 0.1) is 0 Å². The molecule has 0 saturated carbocycles. The molecule has 4 nitrogen and oxygen atoms in total. The summed E-state index contributed by atoms with van der Waals surface area (Å²) in [4.78, 5) is 11.2. The van der Waals surface area contributed by atoms with Gasteiger partial charge < -0.3 is 15.2 Å². The van der Waals surface area contributed by atoms with Crippen LogP contribution in [0.1, 0.15) is 34.5 Å². The molecule has 0 radical (unpaired) electrons. The van der Waals surface area contributed by atoms with Crippen molar-refractivity contribution in [2.24, 2.45) is 0 Å². The molecule has 2 aromatic carbocycles. The van der Waals surface area contributed by atoms with E-state index in [0.29, 0.717) is 5.69 Å². The molecule has 108 valence electrons. The Balaban J connectivity index is 1.83. The van der Waals surface area contributed by atoms with E-state index in [0.717, 1.165) is 24.3 Å². The van der Waals surface area contributed by atoms with Crippen molar-refractivity contribution >= 4 is 11.7 Å². The van der Waals surface area contributed by atoms with Crippen LogP contribution in [0.5, 0.6) is 5.75 Å². The van der Waals surface area contributed by atoms with Crippen LogP contribution < -0.4 is 10.1 Å². The van der Waals surface area contributed by atoms with Crippen molar-refractivity contribution in [3.63, 3.8) is 0 Å². The first-order valence-electron chi connectivity index (χ1n) is 6.99. The van der Waals surface area contributed by atoms with Crippen LogP contribution in [-0.4, -0.2) is 17.7 Å². The molecule has 0 bridgehead atoms. The topological polar surface area (TPSA) is 58.6 Å². The molecule has 0 amide bonds. The van der Waals surface area contributed by atoms with Gasteiger partial charge >= 0.3 is 5.97 Å². The maximum Gasteiger partial charge on any atom is 0.337 e. The van der Waals surface area contributed by atoms with E-state index in [1.807, 2.05) is 25.1 Å². The van der Waals surface area contributed by atoms with Gasteiger partial charge in [0.1, 0.15) is 5.75 Å². The van der Waals surface area contributed by atoms with Crippen molar-refractivity contribution in [3.05, 3.63) is 59.2 Å². The highest BCUT2D eigenvalue weighted by molar-refractivity contribution is 5.94. The van der Waals surface area contributed by atoms with Crippen molar-refractivity contribution in [1.82, 2.24) is 0 Å². The van der Waals surface area contributed by atoms with E-state index in [9.17, 15) is 9.90 Å². The highest BCUT2D eigenvalue weighted by atomic mass is 16.5. The summed E-state index contributed by atoms with van der Waals surface area (Å²) in [6, 6.07) is 13.1. The fourth-order valence-electron chi connectivity index (χ4n) is 2.59. The van der Waals surface area contributed by atoms with Crippen molar-refractivity contribution in [2.75, 3.05) is 11.9 Å². The molecular weight excluding hydrogens is 266 g/mol. The minimum absolute atomic E-state index is 0.0244. The van der Waals surface area contributed by atoms with E-state index in [-0.39, 0.29) is 11.6 Å². The van der Waals surface area contributed by atoms with Crippen molar-refractivity contribution < 1.29 is 14.6 Å². The van der Waals surface area contributed by atoms with Gasteiger partial charge in [0.25, 0.3) is 0 Å². The van der Waals surface area contributed by atoms with Gasteiger partial charge in [0.2, 0.25) is 0 Å². The average molecular weight is 283 g/mol. The van der Waals surface area contributed by atoms with Gasteiger partial charge in [0, 0.05) is 18.2 Å². The maximum atomic E-state index is 11.2. The number of benzene rings is 2. The summed E-state index contributed by atoms with van der Waals surface area (Å²) >= 11 is 0. The average Bonchev–Trinajstić information content (AvgIpc) is 2.94. The molecule has 0 aromatic heterocycles. The molecule has 0 saturated heterocycles. The van der Waals surface area contributed by atoms with E-state index in [2.05, 4.69) is 11.4 Å². The minimum atomic E-state index is -0.923. The number of ether oxygens (including phenoxy) is 1. The van der Waals surface area contributed by atoms with Crippen LogP contribution in [0.25, 0.3) is 0 Å². The molecule has 1 unspecified atom stereocenters. The summed E-state index contributed by atoms with van der Waals surface area (Å²) < 4.78 is 5.50. The first kappa shape index (κ1) is 13.5. The minimum Gasteiger partial charge on any atom is -0.493 e. The van der Waals surface area contributed by atoms with E-state index >= 15 is 0 Å². The third-order valence-electron chi connectivity index (χ3n) is 3.74. The molecule has 0 aliphatic carbocycles. The molecule has 21 heavy (non-hydrogen) atoms. The molecule has 1 aliphatic heterocycles. The number of rotatable bonds is 4. The highest BCUT2D eigenvalue weighted by Gasteiger charge is 2.16. The molecule has 1 atom stereocenters. The quantitative estimate of drug-likeness (QED) is 0.901. The Morgan fingerprint density at radius 2 is 2.10 bits per heavy atom. The Kier molecular flexibility index (Phi) is 3.52. The van der Waals surface area contributed by atoms with Gasteiger partial charge in [0.15, 0.2) is 0 Å². The van der Waals surface area contributed by atoms with E-state index in [1.54, 1.807) is 18.2 Å². The summed E-state index contributed by atoms with van der Waals surface area (Å²) in [6.45, 7) is 2.76. The summed E-state index contributed by atoms with van der Waals surface area (Å²) in [7, 11) is 0. The number of aromatic carboxylic acids is 1. The summed E-state index contributed by atoms with van der Waals surface area (Å²) in [5.41, 5.74) is 3.26. The van der Waals surface area contributed by atoms with Crippen molar-refractivity contribution in [3.8, 4) is 5.75 Å². The molecular formula is C17H17NO3. The van der Waals surface area contributed by atoms with Gasteiger partial charge in [-0.05, 0) is 42.3 Å². The summed E-state index contributed by atoms with van der Waals surface area (Å²) in [5, 5.41) is 12.5. The smallest absolute Gasteiger partial charge is 0.337 e. The number of hydrogen-bond acceptors (Lipinski definition) is 3. The van der Waals surface area contributed by atoms with Gasteiger partial charge in [0.05, 0.1) is 12.2 Å². The Bertz CT molecular complexity index is 681. The number of fused-ring (bicyclic) bond motifs is 1. The molecule has 3 rings (SSSR count). The molecule has 0 spiro atoms. The summed E-state index contributed by atoms with van der Waals surface area (Å²) in [6.07, 6.45) is 0.932.